The molecule has 5 nitrogen and oxygen atoms in total. The lowest BCUT2D eigenvalue weighted by molar-refractivity contribution is 0.100. The number of ketones is 1. The van der Waals surface area contributed by atoms with E-state index in [1.54, 1.807) is 0 Å². The van der Waals surface area contributed by atoms with Crippen LogP contribution in [0, 0.1) is 0 Å². The first-order chi connectivity index (χ1) is 5.24. The van der Waals surface area contributed by atoms with Crippen LogP contribution < -0.4 is 4.74 Å². The highest BCUT2D eigenvalue weighted by Gasteiger charge is 2.03. The van der Waals surface area contributed by atoms with Gasteiger partial charge in [0, 0.05) is 6.92 Å². The predicted octanol–water partition coefficient (Wildman–Crippen LogP) is 0.0828. The van der Waals surface area contributed by atoms with E-state index in [9.17, 15) is 4.79 Å². The molecule has 0 radical (unpaired) electrons. The molecule has 0 unspecified atom stereocenters. The van der Waals surface area contributed by atoms with Crippen molar-refractivity contribution in [2.45, 2.75) is 6.92 Å². The minimum absolute atomic E-state index is 0.122. The Kier molecular flexibility index (Phi) is 2.10. The van der Waals surface area contributed by atoms with Crippen LogP contribution in [0.1, 0.15) is 17.5 Å². The number of ether oxygens (including phenoxy) is 1. The molecule has 5 heteroatoms. The molecule has 1 heterocycles. The van der Waals surface area contributed by atoms with Crippen molar-refractivity contribution in [2.75, 3.05) is 7.11 Å². The molecule has 0 spiro atoms. The largest absolute Gasteiger partial charge is 0.467 e. The van der Waals surface area contributed by atoms with Gasteiger partial charge in [0.1, 0.15) is 6.33 Å². The van der Waals surface area contributed by atoms with Gasteiger partial charge >= 0.3 is 6.01 Å². The van der Waals surface area contributed by atoms with Crippen LogP contribution in [-0.4, -0.2) is 27.8 Å². The van der Waals surface area contributed by atoms with E-state index in [1.165, 1.54) is 20.4 Å². The van der Waals surface area contributed by atoms with E-state index in [4.69, 9.17) is 4.74 Å². The van der Waals surface area contributed by atoms with Crippen molar-refractivity contribution >= 4 is 5.78 Å². The molecular formula is C6H7N3O2. The van der Waals surface area contributed by atoms with Gasteiger partial charge in [0.05, 0.1) is 7.11 Å². The maximum absolute atomic E-state index is 10.7. The zero-order valence-electron chi connectivity index (χ0n) is 6.24. The molecule has 0 aromatic carbocycles. The normalized spacial score (nSPS) is 9.27. The first-order valence-corrected chi connectivity index (χ1v) is 2.98. The van der Waals surface area contributed by atoms with Crippen LogP contribution in [0.2, 0.25) is 0 Å². The summed E-state index contributed by atoms with van der Waals surface area (Å²) in [7, 11) is 1.43. The fourth-order valence-electron chi connectivity index (χ4n) is 0.549. The van der Waals surface area contributed by atoms with Gasteiger partial charge in [-0.05, 0) is 0 Å². The summed E-state index contributed by atoms with van der Waals surface area (Å²) in [5.41, 5.74) is 0. The van der Waals surface area contributed by atoms with Gasteiger partial charge in [-0.25, -0.2) is 4.98 Å². The molecule has 1 aromatic heterocycles. The van der Waals surface area contributed by atoms with E-state index in [2.05, 4.69) is 15.0 Å². The number of rotatable bonds is 2. The number of hydrogen-bond acceptors (Lipinski definition) is 5. The lowest BCUT2D eigenvalue weighted by atomic mass is 10.4. The lowest BCUT2D eigenvalue weighted by Gasteiger charge is -1.96. The Morgan fingerprint density at radius 3 is 2.82 bits per heavy atom. The lowest BCUT2D eigenvalue weighted by Crippen LogP contribution is -2.03. The van der Waals surface area contributed by atoms with E-state index in [0.717, 1.165) is 0 Å². The van der Waals surface area contributed by atoms with Crippen LogP contribution in [0.3, 0.4) is 0 Å². The number of hydrogen-bond donors (Lipinski definition) is 0. The second-order valence-corrected chi connectivity index (χ2v) is 1.85. The average Bonchev–Trinajstić information content (AvgIpc) is 2.05. The standard InChI is InChI=1S/C6H7N3O2/c1-4(10)5-7-3-8-6(9-5)11-2/h3H,1-2H3. The van der Waals surface area contributed by atoms with Crippen molar-refractivity contribution in [2.24, 2.45) is 0 Å². The van der Waals surface area contributed by atoms with Crippen LogP contribution >= 0.6 is 0 Å². The topological polar surface area (TPSA) is 65.0 Å². The Labute approximate surface area is 63.5 Å². The molecule has 0 aliphatic heterocycles. The molecule has 11 heavy (non-hydrogen) atoms. The van der Waals surface area contributed by atoms with Gasteiger partial charge in [0.2, 0.25) is 5.82 Å². The molecule has 0 fully saturated rings. The van der Waals surface area contributed by atoms with Crippen LogP contribution in [0.15, 0.2) is 6.33 Å². The Morgan fingerprint density at radius 1 is 1.55 bits per heavy atom. The number of Topliss-reactive ketones (excluding diaryl/α,β-unsaturated/α-hetero) is 1. The highest BCUT2D eigenvalue weighted by atomic mass is 16.5. The van der Waals surface area contributed by atoms with Crippen LogP contribution in [0.4, 0.5) is 0 Å². The highest BCUT2D eigenvalue weighted by Crippen LogP contribution is 1.98. The first-order valence-electron chi connectivity index (χ1n) is 2.98. The van der Waals surface area contributed by atoms with E-state index in [-0.39, 0.29) is 17.6 Å². The van der Waals surface area contributed by atoms with Gasteiger partial charge in [0.25, 0.3) is 0 Å². The Hall–Kier alpha value is -1.52. The van der Waals surface area contributed by atoms with Gasteiger partial charge < -0.3 is 4.74 Å². The van der Waals surface area contributed by atoms with E-state index in [1.807, 2.05) is 0 Å². The van der Waals surface area contributed by atoms with Gasteiger partial charge in [-0.3, -0.25) is 4.79 Å². The van der Waals surface area contributed by atoms with Crippen molar-refractivity contribution < 1.29 is 9.53 Å². The van der Waals surface area contributed by atoms with Crippen molar-refractivity contribution in [3.05, 3.63) is 12.2 Å². The Balaban J connectivity index is 3.01. The third-order valence-electron chi connectivity index (χ3n) is 1.05. The summed E-state index contributed by atoms with van der Waals surface area (Å²) in [6.45, 7) is 1.38. The fraction of sp³-hybridized carbons (Fsp3) is 0.333. The molecule has 0 saturated carbocycles. The Morgan fingerprint density at radius 2 is 2.27 bits per heavy atom. The summed E-state index contributed by atoms with van der Waals surface area (Å²) in [5, 5.41) is 0. The van der Waals surface area contributed by atoms with Gasteiger partial charge in [-0.2, -0.15) is 9.97 Å². The minimum atomic E-state index is -0.203. The maximum atomic E-state index is 10.7. The fourth-order valence-corrected chi connectivity index (χ4v) is 0.549. The number of carbonyl (C=O) groups excluding carboxylic acids is 1. The predicted molar refractivity (Wildman–Crippen MR) is 36.4 cm³/mol. The smallest absolute Gasteiger partial charge is 0.319 e. The summed E-state index contributed by atoms with van der Waals surface area (Å²) >= 11 is 0. The van der Waals surface area contributed by atoms with Crippen LogP contribution in [-0.2, 0) is 0 Å². The van der Waals surface area contributed by atoms with Crippen LogP contribution in [0.5, 0.6) is 6.01 Å². The highest BCUT2D eigenvalue weighted by molar-refractivity contribution is 5.90. The number of nitrogens with zero attached hydrogens (tertiary/aromatic N) is 3. The van der Waals surface area contributed by atoms with Gasteiger partial charge in [-0.1, -0.05) is 0 Å². The summed E-state index contributed by atoms with van der Waals surface area (Å²) in [6, 6.07) is 0.158. The summed E-state index contributed by atoms with van der Waals surface area (Å²) in [5.74, 6) is -0.0810. The second-order valence-electron chi connectivity index (χ2n) is 1.85. The molecule has 1 rings (SSSR count). The first kappa shape index (κ1) is 7.59. The SMILES string of the molecule is COc1ncnc(C(C)=O)n1. The van der Waals surface area contributed by atoms with Crippen molar-refractivity contribution in [1.29, 1.82) is 0 Å². The zero-order chi connectivity index (χ0) is 8.27. The van der Waals surface area contributed by atoms with Crippen molar-refractivity contribution in [3.63, 3.8) is 0 Å². The van der Waals surface area contributed by atoms with E-state index in [0.29, 0.717) is 0 Å². The number of carbonyl (C=O) groups is 1. The molecule has 0 aliphatic carbocycles. The third-order valence-corrected chi connectivity index (χ3v) is 1.05. The zero-order valence-corrected chi connectivity index (χ0v) is 6.24. The molecule has 58 valence electrons. The summed E-state index contributed by atoms with van der Waals surface area (Å²) < 4.78 is 4.69. The molecular weight excluding hydrogens is 146 g/mol. The minimum Gasteiger partial charge on any atom is -0.467 e. The number of aromatic nitrogens is 3. The average molecular weight is 153 g/mol. The van der Waals surface area contributed by atoms with Gasteiger partial charge in [-0.15, -0.1) is 0 Å². The van der Waals surface area contributed by atoms with E-state index < -0.39 is 0 Å². The monoisotopic (exact) mass is 153 g/mol. The quantitative estimate of drug-likeness (QED) is 0.563. The second kappa shape index (κ2) is 3.05. The molecule has 0 amide bonds. The maximum Gasteiger partial charge on any atom is 0.319 e. The van der Waals surface area contributed by atoms with E-state index >= 15 is 0 Å². The van der Waals surface area contributed by atoms with Crippen molar-refractivity contribution in [3.8, 4) is 6.01 Å². The Bertz CT molecular complexity index is 274. The molecule has 0 N–H and O–H groups in total. The van der Waals surface area contributed by atoms with Crippen LogP contribution in [0.25, 0.3) is 0 Å². The molecule has 1 aromatic rings. The van der Waals surface area contributed by atoms with Crippen molar-refractivity contribution in [1.82, 2.24) is 15.0 Å². The molecule has 0 bridgehead atoms. The molecule has 0 saturated heterocycles. The molecule has 0 aliphatic rings. The summed E-state index contributed by atoms with van der Waals surface area (Å²) in [4.78, 5) is 21.7. The summed E-state index contributed by atoms with van der Waals surface area (Å²) in [6.07, 6.45) is 1.24. The third kappa shape index (κ3) is 1.70. The number of methoxy groups -OCH3 is 1. The molecule has 0 atom stereocenters. The van der Waals surface area contributed by atoms with Gasteiger partial charge in [0.15, 0.2) is 5.78 Å².